The largest absolute Gasteiger partial charge is 0.368 e. The van der Waals surface area contributed by atoms with Gasteiger partial charge in [-0.1, -0.05) is 0 Å². The summed E-state index contributed by atoms with van der Waals surface area (Å²) in [5, 5.41) is 0.758. The Bertz CT molecular complexity index is 709. The van der Waals surface area contributed by atoms with Gasteiger partial charge in [0.05, 0.1) is 6.10 Å². The molecule has 2 saturated heterocycles. The highest BCUT2D eigenvalue weighted by Gasteiger charge is 2.44. The minimum absolute atomic E-state index is 0.00180. The van der Waals surface area contributed by atoms with Gasteiger partial charge < -0.3 is 14.2 Å². The smallest absolute Gasteiger partial charge is 0.270 e. The van der Waals surface area contributed by atoms with Crippen molar-refractivity contribution in [1.29, 1.82) is 0 Å². The van der Waals surface area contributed by atoms with Crippen LogP contribution in [0.25, 0.3) is 10.9 Å². The molecule has 0 saturated carbocycles. The van der Waals surface area contributed by atoms with E-state index in [9.17, 15) is 9.18 Å². The van der Waals surface area contributed by atoms with Gasteiger partial charge >= 0.3 is 0 Å². The first-order valence-electron chi connectivity index (χ1n) is 6.83. The van der Waals surface area contributed by atoms with Gasteiger partial charge in [0.25, 0.3) is 5.91 Å². The van der Waals surface area contributed by atoms with E-state index in [-0.39, 0.29) is 17.8 Å². The second-order valence-corrected chi connectivity index (χ2v) is 5.54. The number of rotatable bonds is 1. The molecule has 0 spiro atoms. The SMILES string of the molecule is Cn1c(C(=O)N2CC[C@H]3O[C@H]3C2)cc2cc(F)ccc21. The van der Waals surface area contributed by atoms with Gasteiger partial charge in [0.15, 0.2) is 0 Å². The van der Waals surface area contributed by atoms with E-state index in [1.807, 2.05) is 16.5 Å². The van der Waals surface area contributed by atoms with Crippen molar-refractivity contribution in [3.63, 3.8) is 0 Å². The summed E-state index contributed by atoms with van der Waals surface area (Å²) in [6, 6.07) is 6.35. The summed E-state index contributed by atoms with van der Waals surface area (Å²) < 4.78 is 20.5. The molecule has 1 amide bonds. The van der Waals surface area contributed by atoms with Gasteiger partial charge in [0.2, 0.25) is 0 Å². The summed E-state index contributed by atoms with van der Waals surface area (Å²) in [6.07, 6.45) is 1.50. The molecule has 0 unspecified atom stereocenters. The summed E-state index contributed by atoms with van der Waals surface area (Å²) in [7, 11) is 1.84. The van der Waals surface area contributed by atoms with Crippen molar-refractivity contribution < 1.29 is 13.9 Å². The summed E-state index contributed by atoms with van der Waals surface area (Å²) in [4.78, 5) is 14.4. The van der Waals surface area contributed by atoms with Crippen molar-refractivity contribution in [3.8, 4) is 0 Å². The Hall–Kier alpha value is -1.88. The number of nitrogens with zero attached hydrogens (tertiary/aromatic N) is 2. The molecule has 0 N–H and O–H groups in total. The number of benzene rings is 1. The first-order chi connectivity index (χ1) is 9.63. The van der Waals surface area contributed by atoms with Crippen LogP contribution in [-0.4, -0.2) is 40.7 Å². The average Bonchev–Trinajstić information content (AvgIpc) is 3.15. The molecular weight excluding hydrogens is 259 g/mol. The van der Waals surface area contributed by atoms with Gasteiger partial charge in [0, 0.05) is 31.0 Å². The van der Waals surface area contributed by atoms with E-state index in [0.29, 0.717) is 18.3 Å². The van der Waals surface area contributed by atoms with Crippen LogP contribution >= 0.6 is 0 Å². The molecule has 2 aliphatic heterocycles. The lowest BCUT2D eigenvalue weighted by molar-refractivity contribution is 0.0727. The number of hydrogen-bond acceptors (Lipinski definition) is 2. The van der Waals surface area contributed by atoms with Gasteiger partial charge in [-0.05, 0) is 30.7 Å². The van der Waals surface area contributed by atoms with Crippen LogP contribution in [0.1, 0.15) is 16.9 Å². The van der Waals surface area contributed by atoms with Crippen molar-refractivity contribution in [2.45, 2.75) is 18.6 Å². The van der Waals surface area contributed by atoms with Crippen molar-refractivity contribution in [2.24, 2.45) is 7.05 Å². The zero-order valence-electron chi connectivity index (χ0n) is 11.2. The maximum absolute atomic E-state index is 13.3. The number of hydrogen-bond donors (Lipinski definition) is 0. The van der Waals surface area contributed by atoms with Crippen LogP contribution in [0.15, 0.2) is 24.3 Å². The number of aromatic nitrogens is 1. The highest BCUT2D eigenvalue weighted by molar-refractivity contribution is 5.98. The van der Waals surface area contributed by atoms with Crippen LogP contribution in [-0.2, 0) is 11.8 Å². The second kappa shape index (κ2) is 4.06. The number of carbonyl (C=O) groups is 1. The molecule has 2 atom stereocenters. The number of piperidine rings is 1. The van der Waals surface area contributed by atoms with Gasteiger partial charge in [-0.2, -0.15) is 0 Å². The Morgan fingerprint density at radius 2 is 2.20 bits per heavy atom. The van der Waals surface area contributed by atoms with Crippen LogP contribution in [0.2, 0.25) is 0 Å². The van der Waals surface area contributed by atoms with E-state index >= 15 is 0 Å². The molecule has 1 aromatic heterocycles. The number of ether oxygens (including phenoxy) is 1. The van der Waals surface area contributed by atoms with Crippen LogP contribution in [0.5, 0.6) is 0 Å². The zero-order chi connectivity index (χ0) is 13.9. The maximum Gasteiger partial charge on any atom is 0.270 e. The molecule has 0 radical (unpaired) electrons. The average molecular weight is 274 g/mol. The van der Waals surface area contributed by atoms with E-state index in [4.69, 9.17) is 4.74 Å². The Labute approximate surface area is 115 Å². The van der Waals surface area contributed by atoms with Gasteiger partial charge in [-0.25, -0.2) is 4.39 Å². The highest BCUT2D eigenvalue weighted by atomic mass is 19.1. The van der Waals surface area contributed by atoms with Crippen LogP contribution in [0, 0.1) is 5.82 Å². The molecule has 0 aliphatic carbocycles. The summed E-state index contributed by atoms with van der Waals surface area (Å²) in [5.74, 6) is -0.285. The zero-order valence-corrected chi connectivity index (χ0v) is 11.2. The first kappa shape index (κ1) is 11.9. The third kappa shape index (κ3) is 1.73. The second-order valence-electron chi connectivity index (χ2n) is 5.54. The third-order valence-electron chi connectivity index (χ3n) is 4.28. The molecule has 0 bridgehead atoms. The monoisotopic (exact) mass is 274 g/mol. The molecule has 5 heteroatoms. The van der Waals surface area contributed by atoms with E-state index in [0.717, 1.165) is 23.9 Å². The number of fused-ring (bicyclic) bond motifs is 2. The number of likely N-dealkylation sites (tertiary alicyclic amines) is 1. The summed E-state index contributed by atoms with van der Waals surface area (Å²) in [5.41, 5.74) is 1.47. The summed E-state index contributed by atoms with van der Waals surface area (Å²) >= 11 is 0. The van der Waals surface area contributed by atoms with Crippen molar-refractivity contribution in [1.82, 2.24) is 9.47 Å². The lowest BCUT2D eigenvalue weighted by atomic mass is 10.1. The molecule has 1 aromatic carbocycles. The van der Waals surface area contributed by atoms with Crippen LogP contribution < -0.4 is 0 Å². The molecular formula is C15H15FN2O2. The molecule has 2 aromatic rings. The number of amides is 1. The third-order valence-corrected chi connectivity index (χ3v) is 4.28. The predicted octanol–water partition coefficient (Wildman–Crippen LogP) is 1.93. The number of halogens is 1. The molecule has 20 heavy (non-hydrogen) atoms. The molecule has 104 valence electrons. The van der Waals surface area contributed by atoms with Crippen LogP contribution in [0.4, 0.5) is 4.39 Å². The minimum Gasteiger partial charge on any atom is -0.368 e. The van der Waals surface area contributed by atoms with E-state index in [2.05, 4.69) is 0 Å². The Morgan fingerprint density at radius 1 is 1.35 bits per heavy atom. The topological polar surface area (TPSA) is 37.8 Å². The number of epoxide rings is 1. The normalized spacial score (nSPS) is 24.8. The van der Waals surface area contributed by atoms with Crippen LogP contribution in [0.3, 0.4) is 0 Å². The predicted molar refractivity (Wildman–Crippen MR) is 72.1 cm³/mol. The molecule has 2 fully saturated rings. The molecule has 4 nitrogen and oxygen atoms in total. The number of aryl methyl sites for hydroxylation is 1. The number of carbonyl (C=O) groups excluding carboxylic acids is 1. The fraction of sp³-hybridized carbons (Fsp3) is 0.400. The molecule has 2 aliphatic rings. The Balaban J connectivity index is 1.70. The first-order valence-corrected chi connectivity index (χ1v) is 6.83. The molecule has 4 rings (SSSR count). The van der Waals surface area contributed by atoms with Crippen molar-refractivity contribution in [3.05, 3.63) is 35.8 Å². The lowest BCUT2D eigenvalue weighted by Gasteiger charge is -2.24. The quantitative estimate of drug-likeness (QED) is 0.745. The van der Waals surface area contributed by atoms with Crippen molar-refractivity contribution in [2.75, 3.05) is 13.1 Å². The minimum atomic E-state index is -0.283. The molecule has 3 heterocycles. The Morgan fingerprint density at radius 3 is 3.00 bits per heavy atom. The van der Waals surface area contributed by atoms with Crippen molar-refractivity contribution >= 4 is 16.8 Å². The van der Waals surface area contributed by atoms with Gasteiger partial charge in [-0.3, -0.25) is 4.79 Å². The standard InChI is InChI=1S/C15H15FN2O2/c1-17-11-3-2-10(16)6-9(11)7-12(17)15(19)18-5-4-13-14(8-18)20-13/h2-3,6-7,13-14H,4-5,8H2,1H3/t13-,14+/m1/s1. The van der Waals surface area contributed by atoms with E-state index in [1.165, 1.54) is 12.1 Å². The highest BCUT2D eigenvalue weighted by Crippen LogP contribution is 2.31. The fourth-order valence-corrected chi connectivity index (χ4v) is 3.06. The summed E-state index contributed by atoms with van der Waals surface area (Å²) in [6.45, 7) is 1.40. The maximum atomic E-state index is 13.3. The van der Waals surface area contributed by atoms with Gasteiger partial charge in [-0.15, -0.1) is 0 Å². The van der Waals surface area contributed by atoms with E-state index in [1.54, 1.807) is 12.1 Å². The Kier molecular flexibility index (Phi) is 2.41. The van der Waals surface area contributed by atoms with Gasteiger partial charge in [0.1, 0.15) is 17.6 Å². The lowest BCUT2D eigenvalue weighted by Crippen LogP contribution is -2.40. The van der Waals surface area contributed by atoms with E-state index < -0.39 is 0 Å². The fourth-order valence-electron chi connectivity index (χ4n) is 3.06.